The predicted octanol–water partition coefficient (Wildman–Crippen LogP) is 2.54. The Hall–Kier alpha value is -0.580. The fraction of sp³-hybridized carbons (Fsp3) is 0.538. The van der Waals surface area contributed by atoms with Crippen molar-refractivity contribution in [2.75, 3.05) is 34.4 Å². The molecule has 0 radical (unpaired) electrons. The molecular formula is C13H20BrNO2. The summed E-state index contributed by atoms with van der Waals surface area (Å²) in [5, 5.41) is 0. The van der Waals surface area contributed by atoms with Crippen molar-refractivity contribution in [2.24, 2.45) is 0 Å². The first-order valence-corrected chi connectivity index (χ1v) is 6.51. The Morgan fingerprint density at radius 1 is 1.24 bits per heavy atom. The van der Waals surface area contributed by atoms with E-state index in [0.29, 0.717) is 4.83 Å². The van der Waals surface area contributed by atoms with Crippen LogP contribution in [0.15, 0.2) is 24.3 Å². The average Bonchev–Trinajstić information content (AvgIpc) is 2.30. The lowest BCUT2D eigenvalue weighted by atomic mass is 10.2. The smallest absolute Gasteiger partial charge is 0.118 e. The lowest BCUT2D eigenvalue weighted by Gasteiger charge is -2.20. The van der Waals surface area contributed by atoms with Gasteiger partial charge in [0.15, 0.2) is 0 Å². The maximum Gasteiger partial charge on any atom is 0.118 e. The van der Waals surface area contributed by atoms with E-state index >= 15 is 0 Å². The summed E-state index contributed by atoms with van der Waals surface area (Å²) in [4.78, 5) is 2.64. The Labute approximate surface area is 112 Å². The second-order valence-corrected chi connectivity index (χ2v) is 5.39. The van der Waals surface area contributed by atoms with Crippen molar-refractivity contribution in [3.8, 4) is 5.75 Å². The quantitative estimate of drug-likeness (QED) is 0.723. The van der Waals surface area contributed by atoms with Crippen molar-refractivity contribution >= 4 is 15.9 Å². The Morgan fingerprint density at radius 3 is 2.41 bits per heavy atom. The summed E-state index contributed by atoms with van der Waals surface area (Å²) < 4.78 is 10.2. The van der Waals surface area contributed by atoms with Gasteiger partial charge in [0, 0.05) is 20.2 Å². The fourth-order valence-electron chi connectivity index (χ4n) is 1.68. The van der Waals surface area contributed by atoms with Crippen molar-refractivity contribution in [3.05, 3.63) is 29.8 Å². The molecule has 0 saturated heterocycles. The summed E-state index contributed by atoms with van der Waals surface area (Å²) in [7, 11) is 5.51. The highest BCUT2D eigenvalue weighted by atomic mass is 79.9. The lowest BCUT2D eigenvalue weighted by molar-refractivity contribution is 0.185. The highest BCUT2D eigenvalue weighted by Crippen LogP contribution is 2.13. The van der Waals surface area contributed by atoms with Gasteiger partial charge in [-0.1, -0.05) is 28.1 Å². The standard InChI is InChI=1S/C13H20BrNO2/c1-15(9-12(14)10-16-2)8-11-4-6-13(17-3)7-5-11/h4-7,12H,8-10H2,1-3H3. The molecule has 0 bridgehead atoms. The molecule has 0 aliphatic rings. The molecule has 1 aromatic rings. The number of halogens is 1. The van der Waals surface area contributed by atoms with Gasteiger partial charge in [0.25, 0.3) is 0 Å². The summed E-state index contributed by atoms with van der Waals surface area (Å²) in [5.41, 5.74) is 1.28. The van der Waals surface area contributed by atoms with Crippen molar-refractivity contribution in [3.63, 3.8) is 0 Å². The van der Waals surface area contributed by atoms with Gasteiger partial charge >= 0.3 is 0 Å². The Balaban J connectivity index is 2.41. The van der Waals surface area contributed by atoms with E-state index in [0.717, 1.165) is 25.4 Å². The number of ether oxygens (including phenoxy) is 2. The number of rotatable bonds is 7. The summed E-state index contributed by atoms with van der Waals surface area (Å²) in [6, 6.07) is 8.16. The zero-order valence-corrected chi connectivity index (χ0v) is 12.2. The molecule has 0 fully saturated rings. The predicted molar refractivity (Wildman–Crippen MR) is 73.9 cm³/mol. The van der Waals surface area contributed by atoms with Crippen LogP contribution in [0, 0.1) is 0 Å². The lowest BCUT2D eigenvalue weighted by Crippen LogP contribution is -2.27. The van der Waals surface area contributed by atoms with Gasteiger partial charge in [-0.25, -0.2) is 0 Å². The molecule has 0 aromatic heterocycles. The molecule has 17 heavy (non-hydrogen) atoms. The topological polar surface area (TPSA) is 21.7 Å². The maximum atomic E-state index is 5.13. The first-order valence-electron chi connectivity index (χ1n) is 5.60. The van der Waals surface area contributed by atoms with Crippen molar-refractivity contribution in [1.29, 1.82) is 0 Å². The van der Waals surface area contributed by atoms with Gasteiger partial charge < -0.3 is 14.4 Å². The zero-order valence-electron chi connectivity index (χ0n) is 10.6. The van der Waals surface area contributed by atoms with Crippen LogP contribution in [0.25, 0.3) is 0 Å². The molecule has 0 amide bonds. The van der Waals surface area contributed by atoms with Crippen LogP contribution in [0.1, 0.15) is 5.56 Å². The summed E-state index contributed by atoms with van der Waals surface area (Å²) in [6.07, 6.45) is 0. The number of benzene rings is 1. The van der Waals surface area contributed by atoms with Crippen LogP contribution in [-0.4, -0.2) is 44.1 Å². The van der Waals surface area contributed by atoms with Crippen LogP contribution in [-0.2, 0) is 11.3 Å². The molecule has 1 rings (SSSR count). The molecule has 0 saturated carbocycles. The van der Waals surface area contributed by atoms with E-state index in [4.69, 9.17) is 9.47 Å². The molecule has 1 atom stereocenters. The normalized spacial score (nSPS) is 12.8. The molecule has 96 valence electrons. The zero-order chi connectivity index (χ0) is 12.7. The fourth-order valence-corrected chi connectivity index (χ4v) is 2.44. The molecule has 0 N–H and O–H groups in total. The summed E-state index contributed by atoms with van der Waals surface area (Å²) in [5.74, 6) is 0.897. The van der Waals surface area contributed by atoms with E-state index in [1.54, 1.807) is 14.2 Å². The minimum Gasteiger partial charge on any atom is -0.497 e. The number of hydrogen-bond acceptors (Lipinski definition) is 3. The first kappa shape index (κ1) is 14.5. The van der Waals surface area contributed by atoms with Gasteiger partial charge in [0.1, 0.15) is 5.75 Å². The van der Waals surface area contributed by atoms with Gasteiger partial charge in [0.05, 0.1) is 18.5 Å². The van der Waals surface area contributed by atoms with Crippen molar-refractivity contribution < 1.29 is 9.47 Å². The number of nitrogens with zero attached hydrogens (tertiary/aromatic N) is 1. The van der Waals surface area contributed by atoms with E-state index in [2.05, 4.69) is 40.0 Å². The molecule has 0 heterocycles. The second-order valence-electron chi connectivity index (χ2n) is 4.10. The second kappa shape index (κ2) is 7.69. The van der Waals surface area contributed by atoms with Gasteiger partial charge in [-0.2, -0.15) is 0 Å². The number of alkyl halides is 1. The molecular weight excluding hydrogens is 282 g/mol. The third kappa shape index (κ3) is 5.52. The average molecular weight is 302 g/mol. The molecule has 1 aromatic carbocycles. The maximum absolute atomic E-state index is 5.13. The van der Waals surface area contributed by atoms with E-state index in [1.807, 2.05) is 12.1 Å². The van der Waals surface area contributed by atoms with E-state index in [1.165, 1.54) is 5.56 Å². The van der Waals surface area contributed by atoms with Crippen LogP contribution in [0.3, 0.4) is 0 Å². The molecule has 0 spiro atoms. The monoisotopic (exact) mass is 301 g/mol. The van der Waals surface area contributed by atoms with Gasteiger partial charge in [-0.15, -0.1) is 0 Å². The van der Waals surface area contributed by atoms with Crippen LogP contribution in [0.2, 0.25) is 0 Å². The highest BCUT2D eigenvalue weighted by Gasteiger charge is 2.08. The molecule has 0 aliphatic carbocycles. The van der Waals surface area contributed by atoms with Crippen molar-refractivity contribution in [2.45, 2.75) is 11.4 Å². The summed E-state index contributed by atoms with van der Waals surface area (Å²) >= 11 is 3.59. The van der Waals surface area contributed by atoms with E-state index in [-0.39, 0.29) is 0 Å². The van der Waals surface area contributed by atoms with E-state index in [9.17, 15) is 0 Å². The Kier molecular flexibility index (Phi) is 6.55. The number of hydrogen-bond donors (Lipinski definition) is 0. The van der Waals surface area contributed by atoms with Crippen LogP contribution in [0.4, 0.5) is 0 Å². The number of methoxy groups -OCH3 is 2. The van der Waals surface area contributed by atoms with Gasteiger partial charge in [-0.3, -0.25) is 0 Å². The van der Waals surface area contributed by atoms with Crippen LogP contribution < -0.4 is 4.74 Å². The third-order valence-corrected chi connectivity index (χ3v) is 3.02. The molecule has 1 unspecified atom stereocenters. The SMILES string of the molecule is COCC(Br)CN(C)Cc1ccc(OC)cc1. The van der Waals surface area contributed by atoms with Gasteiger partial charge in [0.2, 0.25) is 0 Å². The largest absolute Gasteiger partial charge is 0.497 e. The first-order chi connectivity index (χ1) is 8.15. The molecule has 3 nitrogen and oxygen atoms in total. The summed E-state index contributed by atoms with van der Waals surface area (Å²) in [6.45, 7) is 2.61. The Bertz CT molecular complexity index is 316. The highest BCUT2D eigenvalue weighted by molar-refractivity contribution is 9.09. The van der Waals surface area contributed by atoms with Crippen LogP contribution >= 0.6 is 15.9 Å². The molecule has 0 aliphatic heterocycles. The van der Waals surface area contributed by atoms with Gasteiger partial charge in [-0.05, 0) is 24.7 Å². The third-order valence-electron chi connectivity index (χ3n) is 2.47. The minimum absolute atomic E-state index is 0.371. The van der Waals surface area contributed by atoms with E-state index < -0.39 is 0 Å². The van der Waals surface area contributed by atoms with Crippen LogP contribution in [0.5, 0.6) is 5.75 Å². The Morgan fingerprint density at radius 2 is 1.88 bits per heavy atom. The van der Waals surface area contributed by atoms with Crippen molar-refractivity contribution in [1.82, 2.24) is 4.90 Å². The minimum atomic E-state index is 0.371. The molecule has 4 heteroatoms.